The van der Waals surface area contributed by atoms with Crippen molar-refractivity contribution >= 4 is 22.6 Å². The zero-order chi connectivity index (χ0) is 17.5. The molecule has 5 heteroatoms. The molecule has 0 bridgehead atoms. The highest BCUT2D eigenvalue weighted by atomic mass is 16.2. The molecular weight excluding hydrogens is 324 g/mol. The van der Waals surface area contributed by atoms with Crippen LogP contribution in [0.5, 0.6) is 0 Å². The second kappa shape index (κ2) is 5.74. The van der Waals surface area contributed by atoms with Crippen molar-refractivity contribution in [3.63, 3.8) is 0 Å². The number of hydrogen-bond acceptors (Lipinski definition) is 2. The van der Waals surface area contributed by atoms with Crippen LogP contribution in [0.3, 0.4) is 0 Å². The van der Waals surface area contributed by atoms with Gasteiger partial charge < -0.3 is 10.6 Å². The van der Waals surface area contributed by atoms with Crippen molar-refractivity contribution in [2.24, 2.45) is 0 Å². The summed E-state index contributed by atoms with van der Waals surface area (Å²) in [5.41, 5.74) is 6.33. The average Bonchev–Trinajstić information content (AvgIpc) is 3.14. The number of nitrogens with one attached hydrogen (secondary N) is 3. The van der Waals surface area contributed by atoms with Crippen LogP contribution >= 0.6 is 0 Å². The van der Waals surface area contributed by atoms with Crippen LogP contribution in [0.2, 0.25) is 0 Å². The Bertz CT molecular complexity index is 1120. The molecule has 1 atom stereocenters. The molecule has 3 N–H and O–H groups in total. The fourth-order valence-corrected chi connectivity index (χ4v) is 3.46. The van der Waals surface area contributed by atoms with Crippen molar-refractivity contribution in [1.29, 1.82) is 0 Å². The summed E-state index contributed by atoms with van der Waals surface area (Å²) in [7, 11) is 0. The molecule has 4 aromatic rings. The molecule has 0 saturated heterocycles. The molecule has 2 amide bonds. The Morgan fingerprint density at radius 3 is 2.69 bits per heavy atom. The largest absolute Gasteiger partial charge is 0.327 e. The van der Waals surface area contributed by atoms with Gasteiger partial charge in [-0.1, -0.05) is 54.6 Å². The van der Waals surface area contributed by atoms with Crippen molar-refractivity contribution in [1.82, 2.24) is 15.5 Å². The number of H-pyrrole nitrogens is 1. The van der Waals surface area contributed by atoms with Gasteiger partial charge in [-0.05, 0) is 34.4 Å². The van der Waals surface area contributed by atoms with Gasteiger partial charge in [-0.25, -0.2) is 4.79 Å². The average molecular weight is 340 g/mol. The summed E-state index contributed by atoms with van der Waals surface area (Å²) in [4.78, 5) is 12.5. The number of fused-ring (bicyclic) bond motifs is 2. The Balaban J connectivity index is 1.35. The predicted molar refractivity (Wildman–Crippen MR) is 102 cm³/mol. The van der Waals surface area contributed by atoms with Crippen LogP contribution in [0.1, 0.15) is 17.2 Å². The van der Waals surface area contributed by atoms with Crippen molar-refractivity contribution in [3.05, 3.63) is 84.1 Å². The Morgan fingerprint density at radius 1 is 0.962 bits per heavy atom. The van der Waals surface area contributed by atoms with Gasteiger partial charge >= 0.3 is 6.03 Å². The lowest BCUT2D eigenvalue weighted by molar-refractivity contribution is 0.251. The van der Waals surface area contributed by atoms with Gasteiger partial charge in [0.2, 0.25) is 0 Å². The fraction of sp³-hybridized carbons (Fsp3) is 0.0476. The van der Waals surface area contributed by atoms with E-state index in [4.69, 9.17) is 0 Å². The van der Waals surface area contributed by atoms with Crippen LogP contribution in [0.15, 0.2) is 72.9 Å². The molecule has 5 rings (SSSR count). The molecule has 3 aromatic carbocycles. The first-order valence-corrected chi connectivity index (χ1v) is 8.49. The zero-order valence-corrected chi connectivity index (χ0v) is 13.9. The first kappa shape index (κ1) is 14.7. The summed E-state index contributed by atoms with van der Waals surface area (Å²) >= 11 is 0. The SMILES string of the molecule is O=C(Nc1cccc2[nH]ncc12)NC1c2cccc(-c3ccccc3)c21. The fourth-order valence-electron chi connectivity index (χ4n) is 3.46. The van der Waals surface area contributed by atoms with Crippen LogP contribution in [-0.4, -0.2) is 16.2 Å². The van der Waals surface area contributed by atoms with Gasteiger partial charge in [0.25, 0.3) is 0 Å². The molecule has 1 aliphatic rings. The van der Waals surface area contributed by atoms with E-state index in [2.05, 4.69) is 45.1 Å². The van der Waals surface area contributed by atoms with Crippen molar-refractivity contribution in [2.45, 2.75) is 6.04 Å². The molecule has 0 radical (unpaired) electrons. The lowest BCUT2D eigenvalue weighted by Gasteiger charge is -2.08. The molecular formula is C21H16N4O. The van der Waals surface area contributed by atoms with Gasteiger partial charge in [-0.15, -0.1) is 0 Å². The first-order valence-electron chi connectivity index (χ1n) is 8.49. The third-order valence-corrected chi connectivity index (χ3v) is 4.75. The molecule has 0 aliphatic heterocycles. The number of carbonyl (C=O) groups is 1. The van der Waals surface area contributed by atoms with Crippen molar-refractivity contribution in [2.75, 3.05) is 5.32 Å². The standard InChI is InChI=1S/C21H16N4O/c26-21(23-17-10-5-11-18-16(17)12-22-25-18)24-20-15-9-4-8-14(19(15)20)13-6-2-1-3-7-13/h1-12,20H,(H,22,25)(H2,23,24,26). The highest BCUT2D eigenvalue weighted by molar-refractivity contribution is 6.00. The number of urea groups is 1. The Kier molecular flexibility index (Phi) is 3.25. The number of anilines is 1. The molecule has 0 spiro atoms. The maximum atomic E-state index is 12.5. The number of aromatic nitrogens is 2. The minimum Gasteiger partial charge on any atom is -0.327 e. The van der Waals surface area contributed by atoms with Crippen molar-refractivity contribution in [3.8, 4) is 11.1 Å². The van der Waals surface area contributed by atoms with E-state index in [0.29, 0.717) is 0 Å². The third-order valence-electron chi connectivity index (χ3n) is 4.75. The highest BCUT2D eigenvalue weighted by Crippen LogP contribution is 2.47. The Labute approximate surface area is 150 Å². The molecule has 1 aromatic heterocycles. The van der Waals surface area contributed by atoms with Crippen LogP contribution in [0, 0.1) is 0 Å². The maximum Gasteiger partial charge on any atom is 0.320 e. The van der Waals surface area contributed by atoms with E-state index in [0.717, 1.165) is 22.2 Å². The monoisotopic (exact) mass is 340 g/mol. The van der Waals surface area contributed by atoms with E-state index in [1.807, 2.05) is 42.5 Å². The maximum absolute atomic E-state index is 12.5. The van der Waals surface area contributed by atoms with E-state index in [9.17, 15) is 4.79 Å². The van der Waals surface area contributed by atoms with Gasteiger partial charge in [-0.3, -0.25) is 5.10 Å². The highest BCUT2D eigenvalue weighted by Gasteiger charge is 2.36. The molecule has 1 heterocycles. The summed E-state index contributed by atoms with van der Waals surface area (Å²) in [5.74, 6) is 0. The molecule has 5 nitrogen and oxygen atoms in total. The van der Waals surface area contributed by atoms with E-state index >= 15 is 0 Å². The van der Waals surface area contributed by atoms with E-state index in [1.165, 1.54) is 16.7 Å². The van der Waals surface area contributed by atoms with Crippen LogP contribution in [0.4, 0.5) is 10.5 Å². The second-order valence-corrected chi connectivity index (χ2v) is 6.34. The van der Waals surface area contributed by atoms with Gasteiger partial charge in [0.05, 0.1) is 23.4 Å². The quantitative estimate of drug-likeness (QED) is 0.515. The zero-order valence-electron chi connectivity index (χ0n) is 13.9. The third kappa shape index (κ3) is 2.41. The number of hydrogen-bond donors (Lipinski definition) is 3. The van der Waals surface area contributed by atoms with Crippen molar-refractivity contribution < 1.29 is 4.79 Å². The van der Waals surface area contributed by atoms with Gasteiger partial charge in [0.15, 0.2) is 0 Å². The molecule has 26 heavy (non-hydrogen) atoms. The molecule has 126 valence electrons. The number of aromatic amines is 1. The summed E-state index contributed by atoms with van der Waals surface area (Å²) in [6.45, 7) is 0. The molecule has 1 unspecified atom stereocenters. The summed E-state index contributed by atoms with van der Waals surface area (Å²) < 4.78 is 0. The number of rotatable bonds is 3. The van der Waals surface area contributed by atoms with E-state index < -0.39 is 0 Å². The summed E-state index contributed by atoms with van der Waals surface area (Å²) in [5, 5.41) is 13.8. The second-order valence-electron chi connectivity index (χ2n) is 6.34. The summed E-state index contributed by atoms with van der Waals surface area (Å²) in [6, 6.07) is 21.8. The normalized spacial score (nSPS) is 14.7. The predicted octanol–water partition coefficient (Wildman–Crippen LogP) is 4.45. The van der Waals surface area contributed by atoms with E-state index in [-0.39, 0.29) is 12.1 Å². The van der Waals surface area contributed by atoms with Gasteiger partial charge in [-0.2, -0.15) is 5.10 Å². The first-order chi connectivity index (χ1) is 12.8. The van der Waals surface area contributed by atoms with E-state index in [1.54, 1.807) is 6.20 Å². The summed E-state index contributed by atoms with van der Waals surface area (Å²) in [6.07, 6.45) is 1.71. The lowest BCUT2D eigenvalue weighted by Crippen LogP contribution is -2.27. The van der Waals surface area contributed by atoms with Gasteiger partial charge in [0, 0.05) is 5.39 Å². The minimum atomic E-state index is -0.223. The molecule has 1 aliphatic carbocycles. The Morgan fingerprint density at radius 2 is 1.81 bits per heavy atom. The Hall–Kier alpha value is -3.60. The number of nitrogens with zero attached hydrogens (tertiary/aromatic N) is 1. The van der Waals surface area contributed by atoms with Crippen LogP contribution < -0.4 is 10.6 Å². The number of benzene rings is 3. The molecule has 0 fully saturated rings. The van der Waals surface area contributed by atoms with Gasteiger partial charge in [0.1, 0.15) is 0 Å². The lowest BCUT2D eigenvalue weighted by atomic mass is 10.1. The number of amides is 2. The van der Waals surface area contributed by atoms with Crippen LogP contribution in [-0.2, 0) is 0 Å². The molecule has 0 saturated carbocycles. The smallest absolute Gasteiger partial charge is 0.320 e. The number of carbonyl (C=O) groups excluding carboxylic acids is 1. The topological polar surface area (TPSA) is 69.8 Å². The minimum absolute atomic E-state index is 0.0382. The van der Waals surface area contributed by atoms with Crippen LogP contribution in [0.25, 0.3) is 22.0 Å².